The largest absolute Gasteiger partial charge is 0.377 e. The maximum Gasteiger partial charge on any atom is 0.269 e. The average Bonchev–Trinajstić information content (AvgIpc) is 3.41. The minimum atomic E-state index is -1.75. The van der Waals surface area contributed by atoms with Crippen LogP contribution in [-0.4, -0.2) is 51.2 Å². The number of primary amides is 1. The SMILES string of the molecule is CN1CCC(O)(C#Cc2cccc(-c3nc(C(N)=O)c(NCc4ccon4)cc3F)c2)C1=O. The van der Waals surface area contributed by atoms with Crippen LogP contribution >= 0.6 is 0 Å². The minimum absolute atomic E-state index is 0.0881. The van der Waals surface area contributed by atoms with Gasteiger partial charge in [-0.2, -0.15) is 0 Å². The Bertz CT molecular complexity index is 1280. The number of hydrogen-bond acceptors (Lipinski definition) is 7. The first-order valence-corrected chi connectivity index (χ1v) is 10.0. The van der Waals surface area contributed by atoms with Gasteiger partial charge in [-0.25, -0.2) is 9.37 Å². The Kier molecular flexibility index (Phi) is 5.81. The number of rotatable bonds is 5. The fourth-order valence-corrected chi connectivity index (χ4v) is 3.42. The number of pyridine rings is 1. The summed E-state index contributed by atoms with van der Waals surface area (Å²) < 4.78 is 19.7. The molecule has 4 rings (SSSR count). The zero-order valence-corrected chi connectivity index (χ0v) is 17.6. The minimum Gasteiger partial charge on any atom is -0.377 e. The maximum absolute atomic E-state index is 14.9. The monoisotopic (exact) mass is 449 g/mol. The molecule has 0 aliphatic carbocycles. The highest BCUT2D eigenvalue weighted by Crippen LogP contribution is 2.27. The van der Waals surface area contributed by atoms with E-state index in [2.05, 4.69) is 27.3 Å². The van der Waals surface area contributed by atoms with E-state index in [1.807, 2.05) is 0 Å². The highest BCUT2D eigenvalue weighted by atomic mass is 19.1. The molecule has 0 bridgehead atoms. The van der Waals surface area contributed by atoms with E-state index < -0.39 is 23.2 Å². The second-order valence-electron chi connectivity index (χ2n) is 7.59. The van der Waals surface area contributed by atoms with Crippen LogP contribution in [0.2, 0.25) is 0 Å². The summed E-state index contributed by atoms with van der Waals surface area (Å²) in [6, 6.07) is 9.20. The predicted molar refractivity (Wildman–Crippen MR) is 116 cm³/mol. The Labute approximate surface area is 188 Å². The first kappa shape index (κ1) is 22.0. The highest BCUT2D eigenvalue weighted by Gasteiger charge is 2.42. The third kappa shape index (κ3) is 4.53. The summed E-state index contributed by atoms with van der Waals surface area (Å²) in [6.45, 7) is 0.589. The Balaban J connectivity index is 1.64. The molecular formula is C23H20FN5O4. The van der Waals surface area contributed by atoms with E-state index in [1.54, 1.807) is 37.4 Å². The maximum atomic E-state index is 14.9. The summed E-state index contributed by atoms with van der Waals surface area (Å²) in [5, 5.41) is 17.1. The lowest BCUT2D eigenvalue weighted by Gasteiger charge is -2.13. The van der Waals surface area contributed by atoms with Crippen molar-refractivity contribution in [3.8, 4) is 23.1 Å². The molecule has 9 nitrogen and oxygen atoms in total. The number of anilines is 1. The van der Waals surface area contributed by atoms with Crippen LogP contribution in [0.15, 0.2) is 47.2 Å². The van der Waals surface area contributed by atoms with Crippen LogP contribution in [0.3, 0.4) is 0 Å². The van der Waals surface area contributed by atoms with Gasteiger partial charge in [-0.05, 0) is 12.1 Å². The lowest BCUT2D eigenvalue weighted by molar-refractivity contribution is -0.137. The Hall–Kier alpha value is -4.23. The molecule has 0 saturated carbocycles. The molecule has 33 heavy (non-hydrogen) atoms. The van der Waals surface area contributed by atoms with Gasteiger partial charge in [-0.1, -0.05) is 29.1 Å². The van der Waals surface area contributed by atoms with Crippen molar-refractivity contribution in [1.82, 2.24) is 15.0 Å². The molecular weight excluding hydrogens is 429 g/mol. The second-order valence-corrected chi connectivity index (χ2v) is 7.59. The molecule has 1 fully saturated rings. The first-order chi connectivity index (χ1) is 15.8. The van der Waals surface area contributed by atoms with E-state index in [9.17, 15) is 19.1 Å². The van der Waals surface area contributed by atoms with Gasteiger partial charge in [-0.15, -0.1) is 0 Å². The van der Waals surface area contributed by atoms with Crippen LogP contribution in [0, 0.1) is 17.7 Å². The van der Waals surface area contributed by atoms with Crippen LogP contribution in [0.5, 0.6) is 0 Å². The first-order valence-electron chi connectivity index (χ1n) is 10.0. The molecule has 1 unspecified atom stereocenters. The third-order valence-electron chi connectivity index (χ3n) is 5.22. The number of carbonyl (C=O) groups is 2. The van der Waals surface area contributed by atoms with Crippen molar-refractivity contribution in [2.24, 2.45) is 5.73 Å². The van der Waals surface area contributed by atoms with Crippen LogP contribution < -0.4 is 11.1 Å². The van der Waals surface area contributed by atoms with E-state index in [4.69, 9.17) is 10.3 Å². The molecule has 0 radical (unpaired) electrons. The lowest BCUT2D eigenvalue weighted by Crippen LogP contribution is -2.37. The summed E-state index contributed by atoms with van der Waals surface area (Å²) in [5.41, 5.74) is 4.96. The van der Waals surface area contributed by atoms with Crippen molar-refractivity contribution in [3.63, 3.8) is 0 Å². The summed E-state index contributed by atoms with van der Waals surface area (Å²) >= 11 is 0. The van der Waals surface area contributed by atoms with Gasteiger partial charge in [0.2, 0.25) is 5.60 Å². The van der Waals surface area contributed by atoms with Gasteiger partial charge in [0, 0.05) is 43.3 Å². The standard InChI is InChI=1S/C23H20FN5O4/c1-29-9-8-23(32,22(29)31)7-5-14-3-2-4-15(11-14)19-17(24)12-18(20(27-19)21(25)30)26-13-16-6-10-33-28-16/h2-4,6,10-12,26,32H,8-9,13H2,1H3,(H2,25,30). The van der Waals surface area contributed by atoms with Gasteiger partial charge in [-0.3, -0.25) is 9.59 Å². The van der Waals surface area contributed by atoms with Gasteiger partial charge in [0.15, 0.2) is 11.5 Å². The number of hydrogen-bond donors (Lipinski definition) is 3. The van der Waals surface area contributed by atoms with Crippen molar-refractivity contribution in [2.45, 2.75) is 18.6 Å². The Morgan fingerprint density at radius 1 is 1.39 bits per heavy atom. The molecule has 1 aliphatic rings. The highest BCUT2D eigenvalue weighted by molar-refractivity contribution is 5.97. The van der Waals surface area contributed by atoms with Crippen LogP contribution in [0.4, 0.5) is 10.1 Å². The fourth-order valence-electron chi connectivity index (χ4n) is 3.42. The van der Waals surface area contributed by atoms with Crippen LogP contribution in [-0.2, 0) is 11.3 Å². The number of aliphatic hydroxyl groups is 1. The molecule has 3 aromatic rings. The quantitative estimate of drug-likeness (QED) is 0.503. The molecule has 1 saturated heterocycles. The molecule has 2 aromatic heterocycles. The van der Waals surface area contributed by atoms with E-state index >= 15 is 0 Å². The summed E-state index contributed by atoms with van der Waals surface area (Å²) in [7, 11) is 1.59. The molecule has 2 amide bonds. The normalized spacial score (nSPS) is 17.5. The smallest absolute Gasteiger partial charge is 0.269 e. The number of nitrogens with zero attached hydrogens (tertiary/aromatic N) is 3. The average molecular weight is 449 g/mol. The molecule has 1 atom stereocenters. The van der Waals surface area contributed by atoms with E-state index in [1.165, 1.54) is 11.2 Å². The van der Waals surface area contributed by atoms with Crippen molar-refractivity contribution < 1.29 is 23.6 Å². The zero-order valence-electron chi connectivity index (χ0n) is 17.6. The zero-order chi connectivity index (χ0) is 23.6. The van der Waals surface area contributed by atoms with E-state index in [-0.39, 0.29) is 30.0 Å². The molecule has 1 aliphatic heterocycles. The molecule has 1 aromatic carbocycles. The number of carbonyl (C=O) groups excluding carboxylic acids is 2. The van der Waals surface area contributed by atoms with Crippen LogP contribution in [0.1, 0.15) is 28.2 Å². The van der Waals surface area contributed by atoms with Crippen molar-refractivity contribution in [2.75, 3.05) is 18.9 Å². The van der Waals surface area contributed by atoms with Crippen molar-refractivity contribution >= 4 is 17.5 Å². The van der Waals surface area contributed by atoms with Crippen molar-refractivity contribution in [1.29, 1.82) is 0 Å². The van der Waals surface area contributed by atoms with E-state index in [0.717, 1.165) is 6.07 Å². The van der Waals surface area contributed by atoms with Gasteiger partial charge < -0.3 is 25.6 Å². The van der Waals surface area contributed by atoms with Gasteiger partial charge in [0.1, 0.15) is 17.7 Å². The number of amides is 2. The summed E-state index contributed by atoms with van der Waals surface area (Å²) in [6.07, 6.45) is 1.60. The van der Waals surface area contributed by atoms with E-state index in [0.29, 0.717) is 23.4 Å². The number of benzene rings is 1. The van der Waals surface area contributed by atoms with Crippen molar-refractivity contribution in [3.05, 3.63) is 65.4 Å². The number of nitrogens with two attached hydrogens (primary N) is 1. The Morgan fingerprint density at radius 3 is 2.88 bits per heavy atom. The summed E-state index contributed by atoms with van der Waals surface area (Å²) in [4.78, 5) is 29.6. The second kappa shape index (κ2) is 8.72. The van der Waals surface area contributed by atoms with Crippen LogP contribution in [0.25, 0.3) is 11.3 Å². The van der Waals surface area contributed by atoms with Gasteiger partial charge >= 0.3 is 0 Å². The third-order valence-corrected chi connectivity index (χ3v) is 5.22. The predicted octanol–water partition coefficient (Wildman–Crippen LogP) is 1.53. The number of nitrogens with one attached hydrogen (secondary N) is 1. The number of halogens is 1. The molecule has 4 N–H and O–H groups in total. The number of aromatic nitrogens is 2. The molecule has 10 heteroatoms. The fraction of sp³-hybridized carbons (Fsp3) is 0.217. The molecule has 168 valence electrons. The lowest BCUT2D eigenvalue weighted by atomic mass is 10.0. The molecule has 3 heterocycles. The Morgan fingerprint density at radius 2 is 2.21 bits per heavy atom. The number of likely N-dealkylation sites (N-methyl/N-ethyl adjacent to an activating group) is 1. The topological polar surface area (TPSA) is 135 Å². The number of likely N-dealkylation sites (tertiary alicyclic amines) is 1. The van der Waals surface area contributed by atoms with Gasteiger partial charge in [0.05, 0.1) is 12.2 Å². The molecule has 0 spiro atoms. The van der Waals surface area contributed by atoms with Gasteiger partial charge in [0.25, 0.3) is 11.8 Å². The summed E-state index contributed by atoms with van der Waals surface area (Å²) in [5.74, 6) is 3.42.